The molecule has 2 spiro atoms. The van der Waals surface area contributed by atoms with Gasteiger partial charge in [-0.1, -0.05) is 44.2 Å². The number of sulfonamides is 1. The van der Waals surface area contributed by atoms with Crippen molar-refractivity contribution in [1.29, 1.82) is 0 Å². The number of piperidine rings is 1. The minimum absolute atomic E-state index is 0.0280. The van der Waals surface area contributed by atoms with Gasteiger partial charge in [0.2, 0.25) is 11.8 Å². The molecule has 234 valence electrons. The van der Waals surface area contributed by atoms with E-state index in [4.69, 9.17) is 9.47 Å². The standard InChI is InChI=1S/C34H42N4O5S/c1-22(2)16-26-19-43-29-18-28(30-23(3)10-8-11-24(30)4)35-31(36-29)37-44(40,41)27-13-9-12-25(17-27)34(26)20-33(21-34)14-6-7-15-38(33)32(39)42-5/h8-13,17-18,22,26H,6-7,14-16,19-21H2,1-5H3,(H,35,36,37)/t26-,33?,34?/m1/s1. The molecule has 6 rings (SSSR count). The Morgan fingerprint density at radius 1 is 1.09 bits per heavy atom. The van der Waals surface area contributed by atoms with Crippen molar-refractivity contribution in [2.75, 3.05) is 25.0 Å². The maximum Gasteiger partial charge on any atom is 0.409 e. The van der Waals surface area contributed by atoms with Gasteiger partial charge in [0.1, 0.15) is 0 Å². The second-order valence-corrected chi connectivity index (χ2v) is 14.9. The molecule has 3 aliphatic rings. The zero-order chi connectivity index (χ0) is 31.3. The second-order valence-electron chi connectivity index (χ2n) is 13.3. The molecule has 2 aromatic carbocycles. The fraction of sp³-hybridized carbons (Fsp3) is 0.500. The van der Waals surface area contributed by atoms with Crippen molar-refractivity contribution in [2.24, 2.45) is 11.8 Å². The molecular weight excluding hydrogens is 576 g/mol. The number of benzene rings is 2. The van der Waals surface area contributed by atoms with Gasteiger partial charge < -0.3 is 14.4 Å². The minimum Gasteiger partial charge on any atom is -0.477 e. The largest absolute Gasteiger partial charge is 0.477 e. The average molecular weight is 619 g/mol. The molecule has 3 aromatic rings. The van der Waals surface area contributed by atoms with Crippen LogP contribution in [-0.2, 0) is 20.2 Å². The molecule has 1 saturated heterocycles. The van der Waals surface area contributed by atoms with Crippen LogP contribution in [0.15, 0.2) is 53.4 Å². The average Bonchev–Trinajstić information content (AvgIpc) is 2.96. The van der Waals surface area contributed by atoms with Gasteiger partial charge in [-0.25, -0.2) is 22.9 Å². The van der Waals surface area contributed by atoms with E-state index < -0.39 is 15.4 Å². The number of hydrogen-bond donors (Lipinski definition) is 1. The van der Waals surface area contributed by atoms with Gasteiger partial charge in [0.05, 0.1) is 24.3 Å². The van der Waals surface area contributed by atoms with Crippen LogP contribution in [0.2, 0.25) is 0 Å². The Balaban J connectivity index is 1.48. The van der Waals surface area contributed by atoms with Crippen LogP contribution in [0.25, 0.3) is 11.3 Å². The number of methoxy groups -OCH3 is 1. The summed E-state index contributed by atoms with van der Waals surface area (Å²) in [5, 5.41) is 0. The number of fused-ring (bicyclic) bond motifs is 5. The number of nitrogens with one attached hydrogen (secondary N) is 1. The van der Waals surface area contributed by atoms with Crippen molar-refractivity contribution in [3.63, 3.8) is 0 Å². The smallest absolute Gasteiger partial charge is 0.409 e. The highest BCUT2D eigenvalue weighted by molar-refractivity contribution is 7.92. The molecule has 1 aromatic heterocycles. The monoisotopic (exact) mass is 618 g/mol. The van der Waals surface area contributed by atoms with Crippen molar-refractivity contribution in [2.45, 2.75) is 82.1 Å². The molecule has 9 nitrogen and oxygen atoms in total. The third-order valence-corrected chi connectivity index (χ3v) is 11.2. The van der Waals surface area contributed by atoms with Crippen molar-refractivity contribution in [3.05, 3.63) is 65.2 Å². The summed E-state index contributed by atoms with van der Waals surface area (Å²) in [7, 11) is -2.58. The zero-order valence-electron chi connectivity index (χ0n) is 26.2. The summed E-state index contributed by atoms with van der Waals surface area (Å²) in [6.07, 6.45) is 4.89. The minimum atomic E-state index is -4.02. The van der Waals surface area contributed by atoms with Crippen LogP contribution in [0.3, 0.4) is 0 Å². The van der Waals surface area contributed by atoms with Gasteiger partial charge in [0.15, 0.2) is 0 Å². The molecule has 10 heteroatoms. The highest BCUT2D eigenvalue weighted by atomic mass is 32.2. The second kappa shape index (κ2) is 11.4. The lowest BCUT2D eigenvalue weighted by atomic mass is 9.47. The summed E-state index contributed by atoms with van der Waals surface area (Å²) in [4.78, 5) is 24.2. The fourth-order valence-corrected chi connectivity index (χ4v) is 8.95. The summed E-state index contributed by atoms with van der Waals surface area (Å²) in [5.74, 6) is 0.709. The fourth-order valence-electron chi connectivity index (χ4n) is 7.96. The van der Waals surface area contributed by atoms with E-state index in [1.165, 1.54) is 7.11 Å². The number of ether oxygens (including phenoxy) is 2. The molecule has 1 atom stereocenters. The Kier molecular flexibility index (Phi) is 7.84. The van der Waals surface area contributed by atoms with E-state index in [0.717, 1.165) is 60.8 Å². The third-order valence-electron chi connectivity index (χ3n) is 9.89. The van der Waals surface area contributed by atoms with Crippen molar-refractivity contribution < 1.29 is 22.7 Å². The number of carbonyl (C=O) groups is 1. The van der Waals surface area contributed by atoms with Crippen molar-refractivity contribution in [3.8, 4) is 17.1 Å². The lowest BCUT2D eigenvalue weighted by Gasteiger charge is -2.64. The van der Waals surface area contributed by atoms with Gasteiger partial charge in [0.25, 0.3) is 10.0 Å². The van der Waals surface area contributed by atoms with Gasteiger partial charge in [-0.05, 0) is 87.1 Å². The Morgan fingerprint density at radius 3 is 2.52 bits per heavy atom. The Bertz CT molecular complexity index is 1660. The number of aryl methyl sites for hydroxylation is 2. The molecule has 1 saturated carbocycles. The first-order valence-electron chi connectivity index (χ1n) is 15.5. The van der Waals surface area contributed by atoms with E-state index in [9.17, 15) is 13.2 Å². The van der Waals surface area contributed by atoms with Crippen LogP contribution >= 0.6 is 0 Å². The lowest BCUT2D eigenvalue weighted by Crippen LogP contribution is -2.69. The van der Waals surface area contributed by atoms with E-state index in [2.05, 4.69) is 28.5 Å². The molecule has 2 aliphatic heterocycles. The van der Waals surface area contributed by atoms with Crippen LogP contribution in [0.5, 0.6) is 5.88 Å². The maximum absolute atomic E-state index is 13.8. The van der Waals surface area contributed by atoms with Crippen LogP contribution < -0.4 is 9.46 Å². The van der Waals surface area contributed by atoms with Crippen LogP contribution in [0.1, 0.15) is 69.1 Å². The quantitative estimate of drug-likeness (QED) is 0.350. The molecule has 0 unspecified atom stereocenters. The van der Waals surface area contributed by atoms with E-state index in [-0.39, 0.29) is 28.4 Å². The van der Waals surface area contributed by atoms with Crippen molar-refractivity contribution >= 4 is 22.1 Å². The number of likely N-dealkylation sites (tertiary alicyclic amines) is 1. The number of carbonyl (C=O) groups excluding carboxylic acids is 1. The van der Waals surface area contributed by atoms with E-state index in [1.54, 1.807) is 18.2 Å². The van der Waals surface area contributed by atoms with E-state index in [1.807, 2.05) is 49.1 Å². The maximum atomic E-state index is 13.8. The van der Waals surface area contributed by atoms with Crippen LogP contribution in [-0.4, -0.2) is 55.2 Å². The molecule has 0 radical (unpaired) electrons. The Labute approximate surface area is 260 Å². The van der Waals surface area contributed by atoms with Gasteiger partial charge in [-0.2, -0.15) is 4.98 Å². The SMILES string of the molecule is COC(=O)N1CCCCC12CC1(C2)c2cccc(c2)S(=O)(=O)Nc2nc(cc(-c3c(C)cccc3C)n2)OC[C@H]1CC(C)C. The number of anilines is 1. The van der Waals surface area contributed by atoms with Gasteiger partial charge in [0, 0.05) is 35.0 Å². The third kappa shape index (κ3) is 5.31. The summed E-state index contributed by atoms with van der Waals surface area (Å²) < 4.78 is 42.0. The number of rotatable bonds is 3. The molecule has 1 N–H and O–H groups in total. The topological polar surface area (TPSA) is 111 Å². The number of nitrogens with zero attached hydrogens (tertiary/aromatic N) is 3. The molecular formula is C34H42N4O5S. The Hall–Kier alpha value is -3.66. The number of aromatic nitrogens is 2. The van der Waals surface area contributed by atoms with E-state index >= 15 is 0 Å². The van der Waals surface area contributed by atoms with Gasteiger partial charge >= 0.3 is 6.09 Å². The van der Waals surface area contributed by atoms with Crippen molar-refractivity contribution in [1.82, 2.24) is 14.9 Å². The van der Waals surface area contributed by atoms with Gasteiger partial charge in [-0.15, -0.1) is 0 Å². The molecule has 1 amide bonds. The normalized spacial score (nSPS) is 25.8. The zero-order valence-corrected chi connectivity index (χ0v) is 27.0. The molecule has 1 aliphatic carbocycles. The molecule has 44 heavy (non-hydrogen) atoms. The summed E-state index contributed by atoms with van der Waals surface area (Å²) in [5.41, 5.74) is 3.80. The number of hydrogen-bond acceptors (Lipinski definition) is 7. The summed E-state index contributed by atoms with van der Waals surface area (Å²) >= 11 is 0. The highest BCUT2D eigenvalue weighted by Crippen LogP contribution is 2.61. The number of amides is 1. The Morgan fingerprint density at radius 2 is 1.82 bits per heavy atom. The predicted molar refractivity (Wildman–Crippen MR) is 169 cm³/mol. The lowest BCUT2D eigenvalue weighted by molar-refractivity contribution is -0.0889. The first-order valence-corrected chi connectivity index (χ1v) is 17.0. The summed E-state index contributed by atoms with van der Waals surface area (Å²) in [6, 6.07) is 15.1. The molecule has 3 heterocycles. The molecule has 2 fully saturated rings. The van der Waals surface area contributed by atoms with Crippen LogP contribution in [0.4, 0.5) is 10.7 Å². The predicted octanol–water partition coefficient (Wildman–Crippen LogP) is 6.64. The van der Waals surface area contributed by atoms with Gasteiger partial charge in [-0.3, -0.25) is 0 Å². The van der Waals surface area contributed by atoms with E-state index in [0.29, 0.717) is 30.6 Å². The highest BCUT2D eigenvalue weighted by Gasteiger charge is 2.62. The van der Waals surface area contributed by atoms with Crippen LogP contribution in [0, 0.1) is 25.7 Å². The molecule has 4 bridgehead atoms. The first-order chi connectivity index (χ1) is 21.0. The first kappa shape index (κ1) is 30.4. The summed E-state index contributed by atoms with van der Waals surface area (Å²) in [6.45, 7) is 9.48.